The van der Waals surface area contributed by atoms with E-state index in [-0.39, 0.29) is 18.9 Å². The number of amides is 2. The maximum absolute atomic E-state index is 14.2. The normalized spacial score (nSPS) is 12.1. The second-order valence-corrected chi connectivity index (χ2v) is 11.8. The lowest BCUT2D eigenvalue weighted by molar-refractivity contribution is -0.139. The van der Waals surface area contributed by atoms with Crippen LogP contribution < -0.4 is 14.4 Å². The number of ether oxygens (including phenoxy) is 1. The molecule has 3 aromatic rings. The highest BCUT2D eigenvalue weighted by atomic mass is 32.2. The molecule has 3 rings (SSSR count). The Kier molecular flexibility index (Phi) is 10.3. The Balaban J connectivity index is 2.11. The summed E-state index contributed by atoms with van der Waals surface area (Å²) >= 11 is 0. The molecule has 214 valence electrons. The number of carbonyl (C=O) groups excluding carboxylic acids is 2. The third-order valence-electron chi connectivity index (χ3n) is 6.66. The largest absolute Gasteiger partial charge is 0.497 e. The summed E-state index contributed by atoms with van der Waals surface area (Å²) in [7, 11) is 1.87. The molecule has 3 aromatic carbocycles. The highest BCUT2D eigenvalue weighted by Gasteiger charge is 2.35. The molecule has 0 aliphatic carbocycles. The molecule has 40 heavy (non-hydrogen) atoms. The number of nitrogens with zero attached hydrogens (tertiary/aromatic N) is 3. The van der Waals surface area contributed by atoms with Crippen LogP contribution in [-0.2, 0) is 32.8 Å². The van der Waals surface area contributed by atoms with Gasteiger partial charge in [0, 0.05) is 34.1 Å². The fourth-order valence-corrected chi connectivity index (χ4v) is 5.49. The van der Waals surface area contributed by atoms with E-state index in [0.29, 0.717) is 17.0 Å². The first-order valence-corrected chi connectivity index (χ1v) is 14.3. The number of rotatable bonds is 12. The molecule has 0 aliphatic rings. The van der Waals surface area contributed by atoms with Crippen LogP contribution in [0, 0.1) is 13.8 Å². The summed E-state index contributed by atoms with van der Waals surface area (Å²) in [4.78, 5) is 28.9. The molecule has 0 saturated heterocycles. The Morgan fingerprint density at radius 2 is 1.60 bits per heavy atom. The third kappa shape index (κ3) is 7.40. The van der Waals surface area contributed by atoms with Crippen LogP contribution in [0.1, 0.15) is 22.3 Å². The Morgan fingerprint density at radius 3 is 2.23 bits per heavy atom. The molecule has 0 saturated carbocycles. The van der Waals surface area contributed by atoms with Gasteiger partial charge in [-0.05, 0) is 54.3 Å². The van der Waals surface area contributed by atoms with Crippen molar-refractivity contribution in [1.82, 2.24) is 14.5 Å². The quantitative estimate of drug-likeness (QED) is 0.363. The van der Waals surface area contributed by atoms with Crippen LogP contribution in [0.15, 0.2) is 72.8 Å². The summed E-state index contributed by atoms with van der Waals surface area (Å²) in [6.45, 7) is 3.25. The van der Waals surface area contributed by atoms with Crippen molar-refractivity contribution < 1.29 is 22.7 Å². The lowest BCUT2D eigenvalue weighted by Gasteiger charge is -2.34. The Hall–Kier alpha value is -3.89. The van der Waals surface area contributed by atoms with E-state index in [9.17, 15) is 18.0 Å². The van der Waals surface area contributed by atoms with E-state index in [1.165, 1.54) is 26.0 Å². The minimum absolute atomic E-state index is 0.0730. The summed E-state index contributed by atoms with van der Waals surface area (Å²) in [5.41, 5.74) is 3.57. The smallest absolute Gasteiger partial charge is 0.304 e. The molecule has 1 unspecified atom stereocenters. The molecule has 0 bridgehead atoms. The van der Waals surface area contributed by atoms with Crippen molar-refractivity contribution in [3.8, 4) is 5.75 Å². The van der Waals surface area contributed by atoms with E-state index in [0.717, 1.165) is 25.3 Å². The Bertz CT molecular complexity index is 1430. The summed E-state index contributed by atoms with van der Waals surface area (Å²) in [6, 6.07) is 21.2. The highest BCUT2D eigenvalue weighted by molar-refractivity contribution is 7.90. The van der Waals surface area contributed by atoms with Crippen molar-refractivity contribution in [3.63, 3.8) is 0 Å². The van der Waals surface area contributed by atoms with Crippen molar-refractivity contribution >= 4 is 27.7 Å². The van der Waals surface area contributed by atoms with Crippen molar-refractivity contribution in [2.24, 2.45) is 0 Å². The molecular weight excluding hydrogens is 528 g/mol. The van der Waals surface area contributed by atoms with Gasteiger partial charge in [0.1, 0.15) is 18.3 Å². The number of carbonyl (C=O) groups is 2. The molecule has 0 radical (unpaired) electrons. The lowest BCUT2D eigenvalue weighted by Crippen LogP contribution is -2.54. The van der Waals surface area contributed by atoms with E-state index in [1.54, 1.807) is 32.2 Å². The molecule has 2 amide bonds. The van der Waals surface area contributed by atoms with Gasteiger partial charge in [-0.3, -0.25) is 9.59 Å². The maximum Gasteiger partial charge on any atom is 0.304 e. The first-order chi connectivity index (χ1) is 19.0. The van der Waals surface area contributed by atoms with Crippen LogP contribution in [0.2, 0.25) is 0 Å². The van der Waals surface area contributed by atoms with Gasteiger partial charge in [0.05, 0.1) is 12.8 Å². The van der Waals surface area contributed by atoms with Crippen LogP contribution >= 0.6 is 0 Å². The SMILES string of the molecule is CNC(=O)C(Cc1ccccc1)N(Cc1cccc(OC)c1)C(=O)CN(c1cc(C)ccc1C)S(=O)(=O)N(C)C. The van der Waals surface area contributed by atoms with Gasteiger partial charge in [-0.2, -0.15) is 12.7 Å². The molecule has 0 aliphatic heterocycles. The second kappa shape index (κ2) is 13.5. The summed E-state index contributed by atoms with van der Waals surface area (Å²) < 4.78 is 34.6. The maximum atomic E-state index is 14.2. The van der Waals surface area contributed by atoms with Gasteiger partial charge in [-0.15, -0.1) is 0 Å². The highest BCUT2D eigenvalue weighted by Crippen LogP contribution is 2.26. The first-order valence-electron chi connectivity index (χ1n) is 12.9. The number of hydrogen-bond acceptors (Lipinski definition) is 5. The van der Waals surface area contributed by atoms with Crippen molar-refractivity contribution in [2.45, 2.75) is 32.9 Å². The Morgan fingerprint density at radius 1 is 0.925 bits per heavy atom. The summed E-state index contributed by atoms with van der Waals surface area (Å²) in [5, 5.41) is 2.68. The zero-order valence-electron chi connectivity index (χ0n) is 23.9. The van der Waals surface area contributed by atoms with Crippen LogP contribution in [-0.4, -0.2) is 70.3 Å². The van der Waals surface area contributed by atoms with Gasteiger partial charge in [0.25, 0.3) is 0 Å². The van der Waals surface area contributed by atoms with E-state index >= 15 is 0 Å². The van der Waals surface area contributed by atoms with Gasteiger partial charge in [-0.25, -0.2) is 4.31 Å². The van der Waals surface area contributed by atoms with Crippen LogP contribution in [0.5, 0.6) is 5.75 Å². The number of aryl methyl sites for hydroxylation is 2. The van der Waals surface area contributed by atoms with E-state index in [4.69, 9.17) is 4.74 Å². The number of methoxy groups -OCH3 is 1. The molecular formula is C30H38N4O5S. The number of nitrogens with one attached hydrogen (secondary N) is 1. The molecule has 0 fully saturated rings. The average Bonchev–Trinajstić information content (AvgIpc) is 2.94. The van der Waals surface area contributed by atoms with Crippen molar-refractivity contribution in [1.29, 1.82) is 0 Å². The summed E-state index contributed by atoms with van der Waals surface area (Å²) in [5.74, 6) is -0.260. The fraction of sp³-hybridized carbons (Fsp3) is 0.333. The zero-order chi connectivity index (χ0) is 29.4. The van der Waals surface area contributed by atoms with Gasteiger partial charge in [0.2, 0.25) is 11.8 Å². The number of anilines is 1. The molecule has 10 heteroatoms. The molecule has 0 aromatic heterocycles. The standard InChI is InChI=1S/C30H38N4O5S/c1-22-15-16-23(2)27(17-22)34(40(37,38)32(4)5)21-29(35)33(20-25-13-10-14-26(18-25)39-6)28(30(36)31-3)19-24-11-8-7-9-12-24/h7-18,28H,19-21H2,1-6H3,(H,31,36). The van der Waals surface area contributed by atoms with E-state index in [1.807, 2.05) is 61.5 Å². The van der Waals surface area contributed by atoms with Gasteiger partial charge in [0.15, 0.2) is 0 Å². The van der Waals surface area contributed by atoms with Gasteiger partial charge < -0.3 is 15.0 Å². The minimum Gasteiger partial charge on any atom is -0.497 e. The average molecular weight is 567 g/mol. The number of likely N-dealkylation sites (N-methyl/N-ethyl adjacent to an activating group) is 1. The van der Waals surface area contributed by atoms with Gasteiger partial charge >= 0.3 is 10.2 Å². The van der Waals surface area contributed by atoms with Crippen molar-refractivity contribution in [2.75, 3.05) is 39.1 Å². The zero-order valence-corrected chi connectivity index (χ0v) is 24.7. The third-order valence-corrected chi connectivity index (χ3v) is 8.46. The number of hydrogen-bond donors (Lipinski definition) is 1. The summed E-state index contributed by atoms with van der Waals surface area (Å²) in [6.07, 6.45) is 0.250. The van der Waals surface area contributed by atoms with Crippen LogP contribution in [0.3, 0.4) is 0 Å². The van der Waals surface area contributed by atoms with E-state index < -0.39 is 28.7 Å². The fourth-order valence-electron chi connectivity index (χ4n) is 4.38. The molecule has 0 heterocycles. The number of benzene rings is 3. The molecule has 9 nitrogen and oxygen atoms in total. The van der Waals surface area contributed by atoms with E-state index in [2.05, 4.69) is 5.32 Å². The van der Waals surface area contributed by atoms with Crippen molar-refractivity contribution in [3.05, 3.63) is 95.1 Å². The predicted molar refractivity (Wildman–Crippen MR) is 157 cm³/mol. The van der Waals surface area contributed by atoms with Crippen LogP contribution in [0.25, 0.3) is 0 Å². The topological polar surface area (TPSA) is 99.3 Å². The molecule has 1 atom stereocenters. The van der Waals surface area contributed by atoms with Crippen LogP contribution in [0.4, 0.5) is 5.69 Å². The predicted octanol–water partition coefficient (Wildman–Crippen LogP) is 3.31. The molecule has 1 N–H and O–H groups in total. The van der Waals surface area contributed by atoms with Gasteiger partial charge in [-0.1, -0.05) is 54.6 Å². The Labute approximate surface area is 237 Å². The monoisotopic (exact) mass is 566 g/mol. The lowest BCUT2D eigenvalue weighted by atomic mass is 10.0. The molecule has 0 spiro atoms. The minimum atomic E-state index is -4.06. The first kappa shape index (κ1) is 30.6. The second-order valence-electron chi connectivity index (χ2n) is 9.78.